The fourth-order valence-electron chi connectivity index (χ4n) is 8.00. The Morgan fingerprint density at radius 2 is 1.60 bits per heavy atom. The fraction of sp³-hybridized carbons (Fsp3) is 0.568. The molecular formula is C44H60FN9O14P2Si2. The number of nitrogens with one attached hydrogen (secondary N) is 2. The van der Waals surface area contributed by atoms with E-state index in [9.17, 15) is 24.3 Å². The molecule has 390 valence electrons. The summed E-state index contributed by atoms with van der Waals surface area (Å²) in [5.41, 5.74) is -0.172. The predicted molar refractivity (Wildman–Crippen MR) is 262 cm³/mol. The molecule has 0 radical (unpaired) electrons. The van der Waals surface area contributed by atoms with Crippen LogP contribution in [0, 0.1) is 17.1 Å². The summed E-state index contributed by atoms with van der Waals surface area (Å²) in [5, 5.41) is 11.0. The minimum atomic E-state index is -5.18. The number of carbonyl (C=O) groups excluding carboxylic acids is 1. The number of hydrogen-bond donors (Lipinski definition) is 3. The third-order valence-electron chi connectivity index (χ3n) is 13.8. The Labute approximate surface area is 416 Å². The molecule has 3 aliphatic rings. The van der Waals surface area contributed by atoms with Crippen molar-refractivity contribution in [2.24, 2.45) is 0 Å². The van der Waals surface area contributed by atoms with E-state index >= 15 is 8.96 Å². The molecule has 1 amide bonds. The molecule has 4 unspecified atom stereocenters. The first kappa shape index (κ1) is 53.9. The summed E-state index contributed by atoms with van der Waals surface area (Å²) < 4.78 is 106. The van der Waals surface area contributed by atoms with Gasteiger partial charge in [-0.1, -0.05) is 59.7 Å². The number of H-pyrrole nitrogens is 1. The second-order valence-corrected chi connectivity index (χ2v) is 33.3. The number of anilines is 1. The zero-order valence-corrected chi connectivity index (χ0v) is 45.3. The maximum atomic E-state index is 15.7. The number of imidazole rings is 1. The molecule has 28 heteroatoms. The van der Waals surface area contributed by atoms with Gasteiger partial charge in [0, 0.05) is 18.2 Å². The number of halogens is 1. The van der Waals surface area contributed by atoms with Gasteiger partial charge in [-0.3, -0.25) is 36.8 Å². The lowest BCUT2D eigenvalue weighted by Gasteiger charge is -2.41. The Kier molecular flexibility index (Phi) is 15.2. The SMILES string of the molecule is CC(C)(C)[Si](C)(C)OC1[C@H]2OP(=O)(OCCC#N)OCC[C@H]3O[C@@H](n4cnc5c(NC(=O)c6ccccc6)ncnc54)C(O[Si](C)(C)C(C)(C)C)[C@@H]3OP(=O)(O)OC[C@H]1O[C@H]2n1cc(F)c2c(=O)[nH]cnc21. The third kappa shape index (κ3) is 11.0. The van der Waals surface area contributed by atoms with E-state index in [1.807, 2.05) is 73.8 Å². The van der Waals surface area contributed by atoms with E-state index in [1.54, 1.807) is 34.9 Å². The van der Waals surface area contributed by atoms with E-state index < -0.39 is 134 Å². The van der Waals surface area contributed by atoms with Crippen molar-refractivity contribution in [3.63, 3.8) is 0 Å². The van der Waals surface area contributed by atoms with Crippen molar-refractivity contribution in [1.82, 2.24) is 34.1 Å². The number of hydrogen-bond acceptors (Lipinski definition) is 18. The van der Waals surface area contributed by atoms with Gasteiger partial charge in [-0.05, 0) is 48.4 Å². The number of carbonyl (C=O) groups is 1. The highest BCUT2D eigenvalue weighted by atomic mass is 31.2. The summed E-state index contributed by atoms with van der Waals surface area (Å²) in [5.74, 6) is -1.30. The standard InChI is InChI=1S/C44H60FN9O14P2Si2/c1-43(2,3)71(7,8)67-33-29-22-62-69(57,58)65-32-28(17-20-61-70(59,60-19-14-18-46)66-34(33)41(64-29)53-21-27(45)30-37(53)48-24-50-40(30)56)63-42(35(32)68-72(9,10)44(4,5)6)54-25-51-31-36(47-23-49-38(31)54)52-39(55)26-15-12-11-13-16-26/h11-13,15-16,21,23-25,28-29,32-35,41-42H,14,17,19-20,22H2,1-10H3,(H,57,58)(H,48,50,56)(H,47,49,52,55)/t28-,29-,32-,33?,34-,35?,41-,42-,70?/m1/s1. The van der Waals surface area contributed by atoms with Crippen LogP contribution in [0.3, 0.4) is 0 Å². The minimum Gasteiger partial charge on any atom is -0.408 e. The number of aromatic nitrogens is 7. The average molecular weight is 1080 g/mol. The molecule has 5 aromatic rings. The number of nitriles is 1. The van der Waals surface area contributed by atoms with E-state index in [1.165, 1.54) is 17.2 Å². The Morgan fingerprint density at radius 3 is 2.28 bits per heavy atom. The van der Waals surface area contributed by atoms with E-state index in [2.05, 4.69) is 30.2 Å². The van der Waals surface area contributed by atoms with Crippen LogP contribution in [0.25, 0.3) is 22.2 Å². The zero-order chi connectivity index (χ0) is 52.2. The second-order valence-electron chi connectivity index (χ2n) is 20.7. The lowest BCUT2D eigenvalue weighted by Crippen LogP contribution is -2.50. The number of amides is 1. The lowest BCUT2D eigenvalue weighted by molar-refractivity contribution is -0.0542. The molecule has 10 atom stereocenters. The average Bonchev–Trinajstić information content (AvgIpc) is 4.05. The monoisotopic (exact) mass is 1080 g/mol. The van der Waals surface area contributed by atoms with E-state index in [-0.39, 0.29) is 35.5 Å². The van der Waals surface area contributed by atoms with Crippen LogP contribution < -0.4 is 10.9 Å². The highest BCUT2D eigenvalue weighted by Crippen LogP contribution is 2.57. The van der Waals surface area contributed by atoms with E-state index in [0.717, 1.165) is 12.5 Å². The van der Waals surface area contributed by atoms with Gasteiger partial charge in [0.05, 0.1) is 51.1 Å². The van der Waals surface area contributed by atoms with Crippen LogP contribution in [0.5, 0.6) is 0 Å². The van der Waals surface area contributed by atoms with Gasteiger partial charge in [-0.25, -0.2) is 33.5 Å². The Hall–Kier alpha value is -4.43. The molecular weight excluding hydrogens is 1020 g/mol. The summed E-state index contributed by atoms with van der Waals surface area (Å²) in [7, 11) is -15.8. The topological polar surface area (TPSA) is 285 Å². The van der Waals surface area contributed by atoms with Crippen molar-refractivity contribution in [2.45, 2.75) is 140 Å². The van der Waals surface area contributed by atoms with Gasteiger partial charge in [-0.15, -0.1) is 0 Å². The predicted octanol–water partition coefficient (Wildman–Crippen LogP) is 7.88. The van der Waals surface area contributed by atoms with Crippen LogP contribution in [-0.4, -0.2) is 118 Å². The molecule has 3 N–H and O–H groups in total. The molecule has 0 spiro atoms. The van der Waals surface area contributed by atoms with Gasteiger partial charge in [0.1, 0.15) is 42.2 Å². The van der Waals surface area contributed by atoms with Crippen LogP contribution in [0.1, 0.15) is 77.2 Å². The van der Waals surface area contributed by atoms with Crippen molar-refractivity contribution in [2.75, 3.05) is 25.1 Å². The Bertz CT molecular complexity index is 3000. The van der Waals surface area contributed by atoms with E-state index in [0.29, 0.717) is 5.56 Å². The van der Waals surface area contributed by atoms with Crippen LogP contribution in [0.4, 0.5) is 10.2 Å². The van der Waals surface area contributed by atoms with Gasteiger partial charge in [0.15, 0.2) is 57.5 Å². The van der Waals surface area contributed by atoms with Crippen molar-refractivity contribution in [1.29, 1.82) is 5.26 Å². The minimum absolute atomic E-state index is 0.103. The molecule has 3 aliphatic heterocycles. The molecule has 0 aliphatic carbocycles. The molecule has 3 fully saturated rings. The molecule has 3 saturated heterocycles. The van der Waals surface area contributed by atoms with E-state index in [4.69, 9.17) is 40.9 Å². The summed E-state index contributed by atoms with van der Waals surface area (Å²) in [6, 6.07) is 10.5. The van der Waals surface area contributed by atoms with Gasteiger partial charge < -0.3 is 38.1 Å². The number of fused-ring (bicyclic) bond motifs is 5. The van der Waals surface area contributed by atoms with Crippen molar-refractivity contribution in [3.8, 4) is 6.07 Å². The maximum absolute atomic E-state index is 15.7. The molecule has 1 aromatic carbocycles. The lowest BCUT2D eigenvalue weighted by atomic mass is 10.1. The van der Waals surface area contributed by atoms with Crippen LogP contribution in [0.2, 0.25) is 36.3 Å². The smallest absolute Gasteiger partial charge is 0.408 e. The van der Waals surface area contributed by atoms with Gasteiger partial charge in [-0.2, -0.15) is 5.26 Å². The largest absolute Gasteiger partial charge is 0.475 e. The molecule has 4 aromatic heterocycles. The molecule has 7 heterocycles. The second kappa shape index (κ2) is 20.4. The molecule has 2 bridgehead atoms. The third-order valence-corrected chi connectivity index (χ3v) is 25.2. The normalized spacial score (nSPS) is 28.9. The maximum Gasteiger partial charge on any atom is 0.475 e. The van der Waals surface area contributed by atoms with Crippen LogP contribution in [0.15, 0.2) is 60.3 Å². The molecule has 23 nitrogen and oxygen atoms in total. The summed E-state index contributed by atoms with van der Waals surface area (Å²) in [6.45, 7) is 18.2. The number of ether oxygens (including phenoxy) is 2. The summed E-state index contributed by atoms with van der Waals surface area (Å²) in [4.78, 5) is 57.9. The van der Waals surface area contributed by atoms with Crippen LogP contribution in [-0.2, 0) is 50.1 Å². The van der Waals surface area contributed by atoms with Gasteiger partial charge >= 0.3 is 15.6 Å². The highest BCUT2D eigenvalue weighted by Gasteiger charge is 2.58. The summed E-state index contributed by atoms with van der Waals surface area (Å²) >= 11 is 0. The number of nitrogens with zero attached hydrogens (tertiary/aromatic N) is 7. The first-order chi connectivity index (χ1) is 33.7. The van der Waals surface area contributed by atoms with Crippen LogP contribution >= 0.6 is 15.6 Å². The number of rotatable bonds is 11. The molecule has 0 saturated carbocycles. The first-order valence-corrected chi connectivity index (χ1v) is 32.0. The number of aromatic amines is 1. The fourth-order valence-corrected chi connectivity index (χ4v) is 12.9. The zero-order valence-electron chi connectivity index (χ0n) is 41.5. The van der Waals surface area contributed by atoms with Gasteiger partial charge in [0.2, 0.25) is 0 Å². The van der Waals surface area contributed by atoms with Crippen molar-refractivity contribution in [3.05, 3.63) is 77.2 Å². The number of phosphoric ester groups is 2. The summed E-state index contributed by atoms with van der Waals surface area (Å²) in [6.07, 6.45) is -6.32. The van der Waals surface area contributed by atoms with Gasteiger partial charge in [0.25, 0.3) is 11.5 Å². The number of phosphoric acid groups is 2. The first-order valence-electron chi connectivity index (χ1n) is 23.3. The molecule has 72 heavy (non-hydrogen) atoms. The quantitative estimate of drug-likeness (QED) is 0.0644. The highest BCUT2D eigenvalue weighted by molar-refractivity contribution is 7.48. The Morgan fingerprint density at radius 1 is 0.917 bits per heavy atom. The molecule has 8 rings (SSSR count). The van der Waals surface area contributed by atoms with Crippen molar-refractivity contribution < 1.29 is 64.2 Å². The Balaban J connectivity index is 1.21. The number of benzene rings is 1. The van der Waals surface area contributed by atoms with Crippen molar-refractivity contribution >= 4 is 66.2 Å².